The first-order chi connectivity index (χ1) is 10.3. The van der Waals surface area contributed by atoms with Gasteiger partial charge >= 0.3 is 0 Å². The van der Waals surface area contributed by atoms with Crippen LogP contribution >= 0.6 is 0 Å². The summed E-state index contributed by atoms with van der Waals surface area (Å²) in [5, 5.41) is 12.4. The van der Waals surface area contributed by atoms with E-state index in [1.54, 1.807) is 0 Å². The Morgan fingerprint density at radius 2 is 2.05 bits per heavy atom. The van der Waals surface area contributed by atoms with Gasteiger partial charge in [-0.3, -0.25) is 0 Å². The van der Waals surface area contributed by atoms with Crippen molar-refractivity contribution >= 4 is 5.82 Å². The van der Waals surface area contributed by atoms with Crippen molar-refractivity contribution in [3.05, 3.63) is 41.7 Å². The molecule has 2 N–H and O–H groups in total. The number of aliphatic hydroxyl groups is 1. The fourth-order valence-corrected chi connectivity index (χ4v) is 1.99. The van der Waals surface area contributed by atoms with Crippen molar-refractivity contribution in [3.8, 4) is 11.6 Å². The zero-order valence-corrected chi connectivity index (χ0v) is 12.5. The van der Waals surface area contributed by atoms with E-state index < -0.39 is 0 Å². The summed E-state index contributed by atoms with van der Waals surface area (Å²) < 4.78 is 5.91. The summed E-state index contributed by atoms with van der Waals surface area (Å²) >= 11 is 0. The van der Waals surface area contributed by atoms with Crippen LogP contribution in [0.25, 0.3) is 0 Å². The molecule has 21 heavy (non-hydrogen) atoms. The summed E-state index contributed by atoms with van der Waals surface area (Å²) in [6.07, 6.45) is 3.08. The fourth-order valence-electron chi connectivity index (χ4n) is 1.99. The predicted molar refractivity (Wildman–Crippen MR) is 82.9 cm³/mol. The molecule has 0 bridgehead atoms. The number of para-hydroxylation sites is 1. The molecule has 0 saturated carbocycles. The van der Waals surface area contributed by atoms with Crippen molar-refractivity contribution in [2.45, 2.75) is 26.7 Å². The second-order valence-electron chi connectivity index (χ2n) is 4.76. The van der Waals surface area contributed by atoms with Crippen LogP contribution in [0.15, 0.2) is 30.6 Å². The van der Waals surface area contributed by atoms with Crippen molar-refractivity contribution < 1.29 is 9.84 Å². The molecule has 1 aromatic heterocycles. The quantitative estimate of drug-likeness (QED) is 0.819. The first-order valence-electron chi connectivity index (χ1n) is 7.18. The molecule has 0 aliphatic rings. The molecule has 5 nitrogen and oxygen atoms in total. The van der Waals surface area contributed by atoms with Gasteiger partial charge in [0.15, 0.2) is 0 Å². The molecule has 1 heterocycles. The summed E-state index contributed by atoms with van der Waals surface area (Å²) in [4.78, 5) is 8.44. The second kappa shape index (κ2) is 7.59. The SMILES string of the molecule is CCCNc1ncnc(Oc2ccccc2CCO)c1C. The highest BCUT2D eigenvalue weighted by atomic mass is 16.5. The van der Waals surface area contributed by atoms with Crippen molar-refractivity contribution in [1.29, 1.82) is 0 Å². The maximum Gasteiger partial charge on any atom is 0.227 e. The van der Waals surface area contributed by atoms with Gasteiger partial charge in [-0.25, -0.2) is 9.97 Å². The highest BCUT2D eigenvalue weighted by molar-refractivity contribution is 5.49. The van der Waals surface area contributed by atoms with Gasteiger partial charge in [-0.1, -0.05) is 25.1 Å². The second-order valence-corrected chi connectivity index (χ2v) is 4.76. The molecule has 0 spiro atoms. The van der Waals surface area contributed by atoms with Crippen molar-refractivity contribution in [3.63, 3.8) is 0 Å². The van der Waals surface area contributed by atoms with Gasteiger partial charge in [0.25, 0.3) is 0 Å². The molecular formula is C16H21N3O2. The molecule has 0 amide bonds. The fraction of sp³-hybridized carbons (Fsp3) is 0.375. The normalized spacial score (nSPS) is 10.4. The summed E-state index contributed by atoms with van der Waals surface area (Å²) in [5.41, 5.74) is 1.84. The topological polar surface area (TPSA) is 67.3 Å². The molecule has 1 aromatic carbocycles. The Kier molecular flexibility index (Phi) is 5.51. The van der Waals surface area contributed by atoms with E-state index in [2.05, 4.69) is 22.2 Å². The molecule has 0 atom stereocenters. The zero-order valence-electron chi connectivity index (χ0n) is 12.5. The van der Waals surface area contributed by atoms with Crippen LogP contribution in [0.2, 0.25) is 0 Å². The van der Waals surface area contributed by atoms with Crippen LogP contribution in [0.3, 0.4) is 0 Å². The lowest BCUT2D eigenvalue weighted by Gasteiger charge is -2.13. The number of benzene rings is 1. The van der Waals surface area contributed by atoms with E-state index in [-0.39, 0.29) is 6.61 Å². The van der Waals surface area contributed by atoms with Gasteiger partial charge in [-0.05, 0) is 31.4 Å². The highest BCUT2D eigenvalue weighted by Gasteiger charge is 2.10. The summed E-state index contributed by atoms with van der Waals surface area (Å²) in [7, 11) is 0. The number of aromatic nitrogens is 2. The molecule has 0 radical (unpaired) electrons. The Balaban J connectivity index is 2.23. The summed E-state index contributed by atoms with van der Waals surface area (Å²) in [6.45, 7) is 4.99. The Bertz CT molecular complexity index is 587. The Hall–Kier alpha value is -2.14. The van der Waals surface area contributed by atoms with E-state index in [9.17, 15) is 0 Å². The molecule has 112 valence electrons. The van der Waals surface area contributed by atoms with Crippen molar-refractivity contribution in [2.24, 2.45) is 0 Å². The molecule has 0 aliphatic carbocycles. The van der Waals surface area contributed by atoms with Crippen molar-refractivity contribution in [2.75, 3.05) is 18.5 Å². The summed E-state index contributed by atoms with van der Waals surface area (Å²) in [5.74, 6) is 2.05. The molecule has 2 aromatic rings. The van der Waals surface area contributed by atoms with Gasteiger partial charge in [0.1, 0.15) is 17.9 Å². The Morgan fingerprint density at radius 3 is 2.81 bits per heavy atom. The number of rotatable bonds is 7. The molecule has 0 fully saturated rings. The van der Waals surface area contributed by atoms with E-state index in [0.29, 0.717) is 12.3 Å². The van der Waals surface area contributed by atoms with Crippen LogP contribution in [-0.2, 0) is 6.42 Å². The third-order valence-electron chi connectivity index (χ3n) is 3.14. The summed E-state index contributed by atoms with van der Waals surface area (Å²) in [6, 6.07) is 7.66. The minimum Gasteiger partial charge on any atom is -0.438 e. The van der Waals surface area contributed by atoms with Crippen LogP contribution in [0.1, 0.15) is 24.5 Å². The van der Waals surface area contributed by atoms with E-state index in [0.717, 1.165) is 35.7 Å². The number of anilines is 1. The van der Waals surface area contributed by atoms with Gasteiger partial charge in [0.05, 0.1) is 5.56 Å². The Labute approximate surface area is 125 Å². The number of ether oxygens (including phenoxy) is 1. The lowest BCUT2D eigenvalue weighted by Crippen LogP contribution is -2.06. The lowest BCUT2D eigenvalue weighted by molar-refractivity contribution is 0.297. The number of hydrogen-bond acceptors (Lipinski definition) is 5. The highest BCUT2D eigenvalue weighted by Crippen LogP contribution is 2.28. The maximum absolute atomic E-state index is 9.11. The Morgan fingerprint density at radius 1 is 1.24 bits per heavy atom. The average Bonchev–Trinajstić information content (AvgIpc) is 2.50. The lowest BCUT2D eigenvalue weighted by atomic mass is 10.1. The van der Waals surface area contributed by atoms with Gasteiger partial charge < -0.3 is 15.2 Å². The molecule has 0 aliphatic heterocycles. The number of hydrogen-bond donors (Lipinski definition) is 2. The first kappa shape index (κ1) is 15.3. The number of nitrogens with one attached hydrogen (secondary N) is 1. The maximum atomic E-state index is 9.11. The monoisotopic (exact) mass is 287 g/mol. The van der Waals surface area contributed by atoms with Crippen molar-refractivity contribution in [1.82, 2.24) is 9.97 Å². The third kappa shape index (κ3) is 3.92. The minimum absolute atomic E-state index is 0.0897. The van der Waals surface area contributed by atoms with Crippen LogP contribution in [0.5, 0.6) is 11.6 Å². The molecule has 5 heteroatoms. The van der Waals surface area contributed by atoms with Gasteiger partial charge in [-0.2, -0.15) is 0 Å². The minimum atomic E-state index is 0.0897. The molecule has 0 saturated heterocycles. The largest absolute Gasteiger partial charge is 0.438 e. The molecule has 0 unspecified atom stereocenters. The zero-order chi connectivity index (χ0) is 15.1. The van der Waals surface area contributed by atoms with Gasteiger partial charge in [0, 0.05) is 13.2 Å². The standard InChI is InChI=1S/C16H21N3O2/c1-3-9-17-15-12(2)16(19-11-18-15)21-14-7-5-4-6-13(14)8-10-20/h4-7,11,20H,3,8-10H2,1-2H3,(H,17,18,19). The molecular weight excluding hydrogens is 266 g/mol. The van der Waals surface area contributed by atoms with Gasteiger partial charge in [-0.15, -0.1) is 0 Å². The predicted octanol–water partition coefficient (Wildman–Crippen LogP) is 2.93. The van der Waals surface area contributed by atoms with E-state index in [4.69, 9.17) is 9.84 Å². The first-order valence-corrected chi connectivity index (χ1v) is 7.18. The van der Waals surface area contributed by atoms with E-state index >= 15 is 0 Å². The third-order valence-corrected chi connectivity index (χ3v) is 3.14. The smallest absolute Gasteiger partial charge is 0.227 e. The van der Waals surface area contributed by atoms with E-state index in [1.165, 1.54) is 6.33 Å². The van der Waals surface area contributed by atoms with Crippen LogP contribution in [-0.4, -0.2) is 28.2 Å². The van der Waals surface area contributed by atoms with Crippen LogP contribution < -0.4 is 10.1 Å². The van der Waals surface area contributed by atoms with Gasteiger partial charge in [0.2, 0.25) is 5.88 Å². The van der Waals surface area contributed by atoms with Crippen LogP contribution in [0.4, 0.5) is 5.82 Å². The molecule has 2 rings (SSSR count). The average molecular weight is 287 g/mol. The van der Waals surface area contributed by atoms with Crippen LogP contribution in [0, 0.1) is 6.92 Å². The number of nitrogens with zero attached hydrogens (tertiary/aromatic N) is 2. The van der Waals surface area contributed by atoms with E-state index in [1.807, 2.05) is 31.2 Å². The number of aliphatic hydroxyl groups excluding tert-OH is 1.